The first-order valence-corrected chi connectivity index (χ1v) is 12.5. The number of anilines is 1. The lowest BCUT2D eigenvalue weighted by Crippen LogP contribution is -2.45. The third-order valence-electron chi connectivity index (χ3n) is 6.17. The molecular formula is C24H29N3O5S. The molecule has 0 aromatic heterocycles. The standard InChI is InChI=1S/C24H29N3O5S/c1-15-6-8-18(9-7-15)13-25-24(29)19-5-4-10-27(14-19)33(30,31)22-12-21-20(11-16(22)2)26-23(28)17(3)32-21/h6-9,11-12,17,19H,4-5,10,13-14H2,1-3H3,(H,25,29)(H,26,28)/t17-,19-/m0/s1. The number of amides is 2. The summed E-state index contributed by atoms with van der Waals surface area (Å²) < 4.78 is 33.9. The van der Waals surface area contributed by atoms with E-state index in [4.69, 9.17) is 4.74 Å². The Labute approximate surface area is 194 Å². The quantitative estimate of drug-likeness (QED) is 0.698. The molecule has 4 rings (SSSR count). The highest BCUT2D eigenvalue weighted by atomic mass is 32.2. The van der Waals surface area contributed by atoms with Crippen LogP contribution in [0.3, 0.4) is 0 Å². The molecule has 0 radical (unpaired) electrons. The van der Waals surface area contributed by atoms with Gasteiger partial charge in [-0.25, -0.2) is 8.42 Å². The van der Waals surface area contributed by atoms with E-state index in [0.29, 0.717) is 42.9 Å². The first-order valence-electron chi connectivity index (χ1n) is 11.1. The molecule has 0 bridgehead atoms. The van der Waals surface area contributed by atoms with Gasteiger partial charge in [-0.15, -0.1) is 0 Å². The van der Waals surface area contributed by atoms with Gasteiger partial charge in [-0.3, -0.25) is 9.59 Å². The molecule has 2 aromatic carbocycles. The summed E-state index contributed by atoms with van der Waals surface area (Å²) in [6, 6.07) is 11.0. The number of ether oxygens (including phenoxy) is 1. The van der Waals surface area contributed by atoms with Crippen molar-refractivity contribution in [2.45, 2.75) is 51.2 Å². The number of nitrogens with one attached hydrogen (secondary N) is 2. The van der Waals surface area contributed by atoms with Crippen LogP contribution in [0.2, 0.25) is 0 Å². The number of aryl methyl sites for hydroxylation is 2. The van der Waals surface area contributed by atoms with E-state index < -0.39 is 22.0 Å². The molecule has 2 amide bonds. The number of fused-ring (bicyclic) bond motifs is 1. The second-order valence-corrected chi connectivity index (χ2v) is 10.7. The third kappa shape index (κ3) is 4.89. The fourth-order valence-corrected chi connectivity index (χ4v) is 5.92. The van der Waals surface area contributed by atoms with Crippen LogP contribution in [0.5, 0.6) is 5.75 Å². The van der Waals surface area contributed by atoms with Crippen LogP contribution in [0.4, 0.5) is 5.69 Å². The van der Waals surface area contributed by atoms with Crippen LogP contribution in [0.15, 0.2) is 41.3 Å². The minimum Gasteiger partial charge on any atom is -0.479 e. The Kier molecular flexibility index (Phi) is 6.45. The summed E-state index contributed by atoms with van der Waals surface area (Å²) in [5, 5.41) is 5.68. The fourth-order valence-electron chi connectivity index (χ4n) is 4.17. The van der Waals surface area contributed by atoms with E-state index in [1.54, 1.807) is 19.9 Å². The monoisotopic (exact) mass is 471 g/mol. The summed E-state index contributed by atoms with van der Waals surface area (Å²) in [5.41, 5.74) is 3.12. The van der Waals surface area contributed by atoms with Gasteiger partial charge in [-0.05, 0) is 50.8 Å². The maximum absolute atomic E-state index is 13.5. The molecule has 9 heteroatoms. The molecule has 0 unspecified atom stereocenters. The minimum atomic E-state index is -3.83. The van der Waals surface area contributed by atoms with Crippen LogP contribution in [0.1, 0.15) is 36.5 Å². The van der Waals surface area contributed by atoms with E-state index in [2.05, 4.69) is 10.6 Å². The highest BCUT2D eigenvalue weighted by molar-refractivity contribution is 7.89. The van der Waals surface area contributed by atoms with Crippen LogP contribution < -0.4 is 15.4 Å². The number of piperidine rings is 1. The minimum absolute atomic E-state index is 0.130. The van der Waals surface area contributed by atoms with Crippen molar-refractivity contribution in [3.05, 3.63) is 53.1 Å². The SMILES string of the molecule is Cc1ccc(CNC(=O)[C@H]2CCCN(S(=O)(=O)c3cc4c(cc3C)NC(=O)[C@H](C)O4)C2)cc1. The van der Waals surface area contributed by atoms with Crippen molar-refractivity contribution in [2.24, 2.45) is 5.92 Å². The van der Waals surface area contributed by atoms with Crippen molar-refractivity contribution in [1.82, 2.24) is 9.62 Å². The summed E-state index contributed by atoms with van der Waals surface area (Å²) in [4.78, 5) is 24.8. The second kappa shape index (κ2) is 9.15. The Morgan fingerprint density at radius 2 is 1.94 bits per heavy atom. The van der Waals surface area contributed by atoms with Gasteiger partial charge in [0.05, 0.1) is 16.5 Å². The molecule has 0 spiro atoms. The molecule has 2 aliphatic heterocycles. The molecule has 176 valence electrons. The Bertz CT molecular complexity index is 1180. The topological polar surface area (TPSA) is 105 Å². The summed E-state index contributed by atoms with van der Waals surface area (Å²) in [7, 11) is -3.83. The van der Waals surface area contributed by atoms with Gasteiger partial charge in [0.2, 0.25) is 15.9 Å². The molecule has 2 aromatic rings. The molecule has 0 saturated carbocycles. The Hall–Kier alpha value is -2.91. The zero-order valence-electron chi connectivity index (χ0n) is 19.1. The van der Waals surface area contributed by atoms with E-state index in [9.17, 15) is 18.0 Å². The number of hydrogen-bond acceptors (Lipinski definition) is 5. The zero-order valence-corrected chi connectivity index (χ0v) is 19.9. The molecular weight excluding hydrogens is 442 g/mol. The Balaban J connectivity index is 1.48. The normalized spacial score (nSPS) is 21.0. The van der Waals surface area contributed by atoms with E-state index in [0.717, 1.165) is 11.1 Å². The number of sulfonamides is 1. The molecule has 33 heavy (non-hydrogen) atoms. The van der Waals surface area contributed by atoms with E-state index >= 15 is 0 Å². The number of carbonyl (C=O) groups excluding carboxylic acids is 2. The molecule has 2 heterocycles. The largest absolute Gasteiger partial charge is 0.479 e. The number of benzene rings is 2. The lowest BCUT2D eigenvalue weighted by Gasteiger charge is -2.32. The molecule has 2 aliphatic rings. The Morgan fingerprint density at radius 1 is 1.21 bits per heavy atom. The van der Waals surface area contributed by atoms with Crippen molar-refractivity contribution in [3.8, 4) is 5.75 Å². The second-order valence-electron chi connectivity index (χ2n) is 8.77. The molecule has 1 saturated heterocycles. The van der Waals surface area contributed by atoms with Crippen molar-refractivity contribution in [3.63, 3.8) is 0 Å². The molecule has 2 N–H and O–H groups in total. The van der Waals surface area contributed by atoms with Crippen molar-refractivity contribution in [1.29, 1.82) is 0 Å². The van der Waals surface area contributed by atoms with Crippen molar-refractivity contribution in [2.75, 3.05) is 18.4 Å². The third-order valence-corrected chi connectivity index (χ3v) is 8.18. The first-order chi connectivity index (χ1) is 15.6. The lowest BCUT2D eigenvalue weighted by molar-refractivity contribution is -0.126. The van der Waals surface area contributed by atoms with Gasteiger partial charge in [-0.2, -0.15) is 4.31 Å². The fraction of sp³-hybridized carbons (Fsp3) is 0.417. The predicted molar refractivity (Wildman–Crippen MR) is 124 cm³/mol. The summed E-state index contributed by atoms with van der Waals surface area (Å²) in [6.45, 7) is 6.20. The van der Waals surface area contributed by atoms with E-state index in [-0.39, 0.29) is 23.3 Å². The van der Waals surface area contributed by atoms with Crippen molar-refractivity contribution < 1.29 is 22.7 Å². The van der Waals surface area contributed by atoms with Crippen molar-refractivity contribution >= 4 is 27.5 Å². The zero-order chi connectivity index (χ0) is 23.8. The van der Waals surface area contributed by atoms with Gasteiger partial charge in [0.25, 0.3) is 5.91 Å². The van der Waals surface area contributed by atoms with Crippen LogP contribution in [0, 0.1) is 19.8 Å². The maximum Gasteiger partial charge on any atom is 0.265 e. The summed E-state index contributed by atoms with van der Waals surface area (Å²) >= 11 is 0. The highest BCUT2D eigenvalue weighted by Crippen LogP contribution is 2.36. The van der Waals surface area contributed by atoms with Gasteiger partial charge in [0.1, 0.15) is 5.75 Å². The molecule has 1 fully saturated rings. The smallest absolute Gasteiger partial charge is 0.265 e. The average molecular weight is 472 g/mol. The lowest BCUT2D eigenvalue weighted by atomic mass is 9.98. The van der Waals surface area contributed by atoms with Gasteiger partial charge >= 0.3 is 0 Å². The van der Waals surface area contributed by atoms with Gasteiger partial charge in [-0.1, -0.05) is 29.8 Å². The summed E-state index contributed by atoms with van der Waals surface area (Å²) in [6.07, 6.45) is 0.546. The predicted octanol–water partition coefficient (Wildman–Crippen LogP) is 2.74. The number of nitrogens with zero attached hydrogens (tertiary/aromatic N) is 1. The van der Waals surface area contributed by atoms with E-state index in [1.807, 2.05) is 31.2 Å². The number of rotatable bonds is 5. The van der Waals surface area contributed by atoms with Crippen LogP contribution in [-0.4, -0.2) is 43.7 Å². The number of hydrogen-bond donors (Lipinski definition) is 2. The van der Waals surface area contributed by atoms with Gasteiger partial charge < -0.3 is 15.4 Å². The van der Waals surface area contributed by atoms with Gasteiger partial charge in [0, 0.05) is 25.7 Å². The average Bonchev–Trinajstić information content (AvgIpc) is 2.79. The maximum atomic E-state index is 13.5. The summed E-state index contributed by atoms with van der Waals surface area (Å²) in [5.74, 6) is -0.492. The first kappa shape index (κ1) is 23.3. The van der Waals surface area contributed by atoms with E-state index in [1.165, 1.54) is 10.4 Å². The van der Waals surface area contributed by atoms with Gasteiger partial charge in [0.15, 0.2) is 6.10 Å². The molecule has 0 aliphatic carbocycles. The molecule has 2 atom stereocenters. The molecule has 8 nitrogen and oxygen atoms in total. The van der Waals surface area contributed by atoms with Crippen LogP contribution in [0.25, 0.3) is 0 Å². The van der Waals surface area contributed by atoms with Crippen LogP contribution >= 0.6 is 0 Å². The Morgan fingerprint density at radius 3 is 2.67 bits per heavy atom. The highest BCUT2D eigenvalue weighted by Gasteiger charge is 2.35. The number of carbonyl (C=O) groups is 2. The van der Waals surface area contributed by atoms with Crippen LogP contribution in [-0.2, 0) is 26.2 Å².